The van der Waals surface area contributed by atoms with E-state index in [2.05, 4.69) is 29.6 Å². The Kier molecular flexibility index (Phi) is 4.90. The standard InChI is InChI=1S/C16H20N4O/c1-3-11-7-5-8-12(4-2)15(11)19-16(21)13-9-6-10-14(18-13)20-17/h5-10H,3-4,17H2,1-2H3,(H,18,20)(H,19,21). The highest BCUT2D eigenvalue weighted by atomic mass is 16.1. The summed E-state index contributed by atoms with van der Waals surface area (Å²) in [7, 11) is 0. The summed E-state index contributed by atoms with van der Waals surface area (Å²) in [5.74, 6) is 5.55. The number of carbonyl (C=O) groups is 1. The first-order valence-corrected chi connectivity index (χ1v) is 7.05. The lowest BCUT2D eigenvalue weighted by atomic mass is 10.0. The van der Waals surface area contributed by atoms with Gasteiger partial charge in [-0.05, 0) is 36.1 Å². The Morgan fingerprint density at radius 2 is 1.71 bits per heavy atom. The third-order valence-electron chi connectivity index (χ3n) is 3.37. The highest BCUT2D eigenvalue weighted by Crippen LogP contribution is 2.23. The van der Waals surface area contributed by atoms with Crippen molar-refractivity contribution in [2.24, 2.45) is 5.84 Å². The van der Waals surface area contributed by atoms with Gasteiger partial charge in [-0.25, -0.2) is 10.8 Å². The normalized spacial score (nSPS) is 10.2. The summed E-state index contributed by atoms with van der Waals surface area (Å²) >= 11 is 0. The molecule has 0 saturated heterocycles. The number of nitrogens with two attached hydrogens (primary N) is 1. The molecule has 1 amide bonds. The number of nitrogens with zero attached hydrogens (tertiary/aromatic N) is 1. The second kappa shape index (κ2) is 6.85. The van der Waals surface area contributed by atoms with Crippen molar-refractivity contribution < 1.29 is 4.79 Å². The van der Waals surface area contributed by atoms with Gasteiger partial charge in [-0.3, -0.25) is 4.79 Å². The van der Waals surface area contributed by atoms with Gasteiger partial charge in [0.25, 0.3) is 5.91 Å². The van der Waals surface area contributed by atoms with Crippen molar-refractivity contribution in [2.75, 3.05) is 10.7 Å². The average molecular weight is 284 g/mol. The van der Waals surface area contributed by atoms with Gasteiger partial charge in [-0.2, -0.15) is 0 Å². The molecule has 0 fully saturated rings. The van der Waals surface area contributed by atoms with Crippen LogP contribution >= 0.6 is 0 Å². The van der Waals surface area contributed by atoms with Crippen LogP contribution in [0.1, 0.15) is 35.5 Å². The van der Waals surface area contributed by atoms with Crippen LogP contribution in [0.15, 0.2) is 36.4 Å². The van der Waals surface area contributed by atoms with Crippen LogP contribution in [-0.4, -0.2) is 10.9 Å². The van der Waals surface area contributed by atoms with Gasteiger partial charge in [-0.15, -0.1) is 0 Å². The van der Waals surface area contributed by atoms with Crippen molar-refractivity contribution in [2.45, 2.75) is 26.7 Å². The van der Waals surface area contributed by atoms with Crippen LogP contribution in [-0.2, 0) is 12.8 Å². The fourth-order valence-corrected chi connectivity index (χ4v) is 2.22. The molecule has 2 aromatic rings. The maximum atomic E-state index is 12.4. The molecule has 0 saturated carbocycles. The van der Waals surface area contributed by atoms with Crippen molar-refractivity contribution in [3.05, 3.63) is 53.2 Å². The van der Waals surface area contributed by atoms with E-state index in [9.17, 15) is 4.79 Å². The van der Waals surface area contributed by atoms with Crippen molar-refractivity contribution in [1.82, 2.24) is 4.98 Å². The number of hydrogen-bond acceptors (Lipinski definition) is 4. The first-order valence-electron chi connectivity index (χ1n) is 7.05. The van der Waals surface area contributed by atoms with E-state index < -0.39 is 0 Å². The van der Waals surface area contributed by atoms with Crippen LogP contribution in [0.4, 0.5) is 11.5 Å². The zero-order valence-electron chi connectivity index (χ0n) is 12.3. The molecule has 5 heteroatoms. The summed E-state index contributed by atoms with van der Waals surface area (Å²) < 4.78 is 0. The summed E-state index contributed by atoms with van der Waals surface area (Å²) in [5.41, 5.74) is 5.90. The van der Waals surface area contributed by atoms with Crippen LogP contribution in [0, 0.1) is 0 Å². The van der Waals surface area contributed by atoms with Crippen LogP contribution in [0.3, 0.4) is 0 Å². The number of carbonyl (C=O) groups excluding carboxylic acids is 1. The van der Waals surface area contributed by atoms with Gasteiger partial charge >= 0.3 is 0 Å². The maximum absolute atomic E-state index is 12.4. The van der Waals surface area contributed by atoms with E-state index in [-0.39, 0.29) is 5.91 Å². The predicted octanol–water partition coefficient (Wildman–Crippen LogP) is 2.74. The zero-order valence-corrected chi connectivity index (χ0v) is 12.3. The summed E-state index contributed by atoms with van der Waals surface area (Å²) in [6, 6.07) is 11.2. The second-order valence-corrected chi connectivity index (χ2v) is 4.66. The molecule has 1 aromatic carbocycles. The van der Waals surface area contributed by atoms with Crippen LogP contribution in [0.5, 0.6) is 0 Å². The molecule has 110 valence electrons. The lowest BCUT2D eigenvalue weighted by molar-refractivity contribution is 0.102. The van der Waals surface area contributed by atoms with Gasteiger partial charge in [0.15, 0.2) is 0 Å². The monoisotopic (exact) mass is 284 g/mol. The zero-order chi connectivity index (χ0) is 15.2. The molecule has 21 heavy (non-hydrogen) atoms. The molecule has 0 aliphatic heterocycles. The molecule has 2 rings (SSSR count). The Morgan fingerprint density at radius 1 is 1.10 bits per heavy atom. The highest BCUT2D eigenvalue weighted by Gasteiger charge is 2.13. The molecule has 0 aliphatic rings. The van der Waals surface area contributed by atoms with Crippen molar-refractivity contribution in [3.63, 3.8) is 0 Å². The molecule has 0 aliphatic carbocycles. The lowest BCUT2D eigenvalue weighted by Gasteiger charge is -2.14. The van der Waals surface area contributed by atoms with Crippen LogP contribution in [0.25, 0.3) is 0 Å². The molecule has 0 radical (unpaired) electrons. The number of pyridine rings is 1. The number of aryl methyl sites for hydroxylation is 2. The minimum absolute atomic E-state index is 0.234. The van der Waals surface area contributed by atoms with E-state index in [1.54, 1.807) is 18.2 Å². The molecular formula is C16H20N4O. The number of anilines is 2. The minimum Gasteiger partial charge on any atom is -0.320 e. The highest BCUT2D eigenvalue weighted by molar-refractivity contribution is 6.04. The van der Waals surface area contributed by atoms with E-state index in [1.165, 1.54) is 0 Å². The number of benzene rings is 1. The number of rotatable bonds is 5. The Hall–Kier alpha value is -2.40. The summed E-state index contributed by atoms with van der Waals surface area (Å²) in [6.45, 7) is 4.14. The quantitative estimate of drug-likeness (QED) is 0.582. The number of aromatic nitrogens is 1. The van der Waals surface area contributed by atoms with Crippen molar-refractivity contribution in [3.8, 4) is 0 Å². The Balaban J connectivity index is 2.30. The van der Waals surface area contributed by atoms with Gasteiger partial charge in [0, 0.05) is 5.69 Å². The fraction of sp³-hybridized carbons (Fsp3) is 0.250. The summed E-state index contributed by atoms with van der Waals surface area (Å²) in [4.78, 5) is 16.5. The van der Waals surface area contributed by atoms with E-state index in [4.69, 9.17) is 5.84 Å². The molecule has 0 unspecified atom stereocenters. The molecule has 1 aromatic heterocycles. The molecule has 4 N–H and O–H groups in total. The molecule has 1 heterocycles. The number of amides is 1. The smallest absolute Gasteiger partial charge is 0.274 e. The van der Waals surface area contributed by atoms with Gasteiger partial charge in [0.05, 0.1) is 0 Å². The Bertz CT molecular complexity index is 618. The van der Waals surface area contributed by atoms with Crippen molar-refractivity contribution >= 4 is 17.4 Å². The van der Waals surface area contributed by atoms with E-state index in [1.807, 2.05) is 18.2 Å². The van der Waals surface area contributed by atoms with Gasteiger partial charge < -0.3 is 10.7 Å². The van der Waals surface area contributed by atoms with E-state index >= 15 is 0 Å². The number of hydrogen-bond donors (Lipinski definition) is 3. The van der Waals surface area contributed by atoms with E-state index in [0.29, 0.717) is 11.5 Å². The predicted molar refractivity (Wildman–Crippen MR) is 85.2 cm³/mol. The topological polar surface area (TPSA) is 80.0 Å². The molecule has 5 nitrogen and oxygen atoms in total. The largest absolute Gasteiger partial charge is 0.320 e. The summed E-state index contributed by atoms with van der Waals surface area (Å²) in [5, 5.41) is 2.98. The first kappa shape index (κ1) is 15.0. The molecule has 0 bridgehead atoms. The maximum Gasteiger partial charge on any atom is 0.274 e. The number of hydrazine groups is 1. The van der Waals surface area contributed by atoms with Gasteiger partial charge in [0.2, 0.25) is 0 Å². The Morgan fingerprint density at radius 3 is 2.29 bits per heavy atom. The number of nitrogens with one attached hydrogen (secondary N) is 2. The first-order chi connectivity index (χ1) is 10.2. The van der Waals surface area contributed by atoms with E-state index in [0.717, 1.165) is 29.7 Å². The third-order valence-corrected chi connectivity index (χ3v) is 3.37. The second-order valence-electron chi connectivity index (χ2n) is 4.66. The Labute approximate surface area is 124 Å². The third kappa shape index (κ3) is 3.38. The number of nitrogen functional groups attached to an aromatic ring is 1. The molecule has 0 atom stereocenters. The van der Waals surface area contributed by atoms with Gasteiger partial charge in [0.1, 0.15) is 11.5 Å². The molecule has 0 spiro atoms. The fourth-order valence-electron chi connectivity index (χ4n) is 2.22. The number of para-hydroxylation sites is 1. The summed E-state index contributed by atoms with van der Waals surface area (Å²) in [6.07, 6.45) is 1.72. The lowest BCUT2D eigenvalue weighted by Crippen LogP contribution is -2.17. The SMILES string of the molecule is CCc1cccc(CC)c1NC(=O)c1cccc(NN)n1. The van der Waals surface area contributed by atoms with Crippen LogP contribution < -0.4 is 16.6 Å². The van der Waals surface area contributed by atoms with Crippen LogP contribution in [0.2, 0.25) is 0 Å². The molecular weight excluding hydrogens is 264 g/mol. The minimum atomic E-state index is -0.234. The average Bonchev–Trinajstić information content (AvgIpc) is 2.54. The van der Waals surface area contributed by atoms with Crippen molar-refractivity contribution in [1.29, 1.82) is 0 Å². The van der Waals surface area contributed by atoms with Gasteiger partial charge in [-0.1, -0.05) is 38.1 Å².